The first-order chi connectivity index (χ1) is 12.8. The van der Waals surface area contributed by atoms with E-state index in [2.05, 4.69) is 27.3 Å². The predicted octanol–water partition coefficient (Wildman–Crippen LogP) is 4.20. The number of nitrogens with zero attached hydrogens (tertiary/aromatic N) is 2. The monoisotopic (exact) mass is 355 g/mol. The van der Waals surface area contributed by atoms with Gasteiger partial charge in [-0.2, -0.15) is 0 Å². The van der Waals surface area contributed by atoms with Gasteiger partial charge in [-0.05, 0) is 61.6 Å². The molecule has 0 amide bonds. The molecular weight excluding hydrogens is 329 g/mol. The molecule has 26 heavy (non-hydrogen) atoms. The molecule has 1 N–H and O–H groups in total. The van der Waals surface area contributed by atoms with Crippen molar-refractivity contribution in [1.82, 2.24) is 4.98 Å². The Kier molecular flexibility index (Phi) is 5.34. The summed E-state index contributed by atoms with van der Waals surface area (Å²) in [5.41, 5.74) is 2.26. The quantitative estimate of drug-likeness (QED) is 0.892. The average molecular weight is 355 g/mol. The van der Waals surface area contributed by atoms with Crippen LogP contribution in [-0.4, -0.2) is 37.3 Å². The van der Waals surface area contributed by atoms with Gasteiger partial charge in [-0.1, -0.05) is 6.07 Å². The molecule has 3 heterocycles. The van der Waals surface area contributed by atoms with Crippen LogP contribution in [0.3, 0.4) is 0 Å². The van der Waals surface area contributed by atoms with Crippen LogP contribution < -0.4 is 10.2 Å². The zero-order chi connectivity index (χ0) is 17.8. The minimum absolute atomic E-state index is 0.179. The maximum Gasteiger partial charge on any atom is 0.126 e. The smallest absolute Gasteiger partial charge is 0.126 e. The Morgan fingerprint density at radius 2 is 2.12 bits per heavy atom. The van der Waals surface area contributed by atoms with E-state index < -0.39 is 0 Å². The summed E-state index contributed by atoms with van der Waals surface area (Å²) in [6.45, 7) is 3.52. The lowest BCUT2D eigenvalue weighted by atomic mass is 9.94. The van der Waals surface area contributed by atoms with Crippen LogP contribution in [0.15, 0.2) is 42.6 Å². The van der Waals surface area contributed by atoms with E-state index in [1.165, 1.54) is 18.1 Å². The molecule has 2 aromatic rings. The summed E-state index contributed by atoms with van der Waals surface area (Å²) < 4.78 is 19.1. The van der Waals surface area contributed by atoms with Crippen LogP contribution in [0.1, 0.15) is 37.2 Å². The van der Waals surface area contributed by atoms with E-state index in [1.54, 1.807) is 12.1 Å². The van der Waals surface area contributed by atoms with Gasteiger partial charge in [0.05, 0.1) is 6.61 Å². The van der Waals surface area contributed by atoms with E-state index >= 15 is 0 Å². The summed E-state index contributed by atoms with van der Waals surface area (Å²) in [6.07, 6.45) is 6.38. The zero-order valence-corrected chi connectivity index (χ0v) is 15.0. The number of benzene rings is 1. The topological polar surface area (TPSA) is 37.4 Å². The highest BCUT2D eigenvalue weighted by molar-refractivity contribution is 5.48. The number of hydrogen-bond donors (Lipinski definition) is 1. The van der Waals surface area contributed by atoms with Crippen molar-refractivity contribution in [2.75, 3.05) is 36.5 Å². The number of hydrogen-bond acceptors (Lipinski definition) is 4. The van der Waals surface area contributed by atoms with Crippen LogP contribution in [0, 0.1) is 5.82 Å². The summed E-state index contributed by atoms with van der Waals surface area (Å²) in [5, 5.41) is 3.59. The molecule has 0 bridgehead atoms. The van der Waals surface area contributed by atoms with Gasteiger partial charge >= 0.3 is 0 Å². The maximum atomic E-state index is 13.5. The van der Waals surface area contributed by atoms with Crippen molar-refractivity contribution in [1.29, 1.82) is 0 Å². The van der Waals surface area contributed by atoms with Crippen molar-refractivity contribution in [3.05, 3.63) is 54.0 Å². The fraction of sp³-hybridized carbons (Fsp3) is 0.476. The van der Waals surface area contributed by atoms with E-state index in [-0.39, 0.29) is 5.82 Å². The van der Waals surface area contributed by atoms with Crippen molar-refractivity contribution in [2.45, 2.75) is 37.6 Å². The van der Waals surface area contributed by atoms with E-state index in [0.29, 0.717) is 12.0 Å². The predicted molar refractivity (Wildman–Crippen MR) is 102 cm³/mol. The van der Waals surface area contributed by atoms with Crippen LogP contribution in [0.4, 0.5) is 15.9 Å². The largest absolute Gasteiger partial charge is 0.381 e. The number of rotatable bonds is 4. The molecule has 0 spiro atoms. The van der Waals surface area contributed by atoms with Crippen molar-refractivity contribution in [2.24, 2.45) is 0 Å². The second-order valence-electron chi connectivity index (χ2n) is 7.30. The Hall–Kier alpha value is -2.14. The highest BCUT2D eigenvalue weighted by atomic mass is 19.1. The van der Waals surface area contributed by atoms with Gasteiger partial charge in [0, 0.05) is 43.5 Å². The molecule has 5 heteroatoms. The maximum absolute atomic E-state index is 13.5. The van der Waals surface area contributed by atoms with Crippen LogP contribution in [0.2, 0.25) is 0 Å². The van der Waals surface area contributed by atoms with Crippen LogP contribution >= 0.6 is 0 Å². The van der Waals surface area contributed by atoms with Gasteiger partial charge in [-0.3, -0.25) is 0 Å². The molecule has 2 aliphatic rings. The van der Waals surface area contributed by atoms with E-state index in [0.717, 1.165) is 57.1 Å². The molecule has 2 saturated heterocycles. The molecule has 0 radical (unpaired) electrons. The molecule has 2 atom stereocenters. The number of pyridine rings is 1. The summed E-state index contributed by atoms with van der Waals surface area (Å²) in [5.74, 6) is 1.23. The zero-order valence-electron chi connectivity index (χ0n) is 15.0. The van der Waals surface area contributed by atoms with Gasteiger partial charge in [-0.15, -0.1) is 0 Å². The van der Waals surface area contributed by atoms with E-state index in [1.807, 2.05) is 12.3 Å². The number of halogens is 1. The molecule has 1 aromatic carbocycles. The number of aromatic nitrogens is 1. The number of piperidine rings is 1. The fourth-order valence-corrected chi connectivity index (χ4v) is 3.99. The van der Waals surface area contributed by atoms with Gasteiger partial charge in [0.2, 0.25) is 0 Å². The molecule has 2 aliphatic heterocycles. The summed E-state index contributed by atoms with van der Waals surface area (Å²) >= 11 is 0. The van der Waals surface area contributed by atoms with Gasteiger partial charge in [-0.25, -0.2) is 9.37 Å². The van der Waals surface area contributed by atoms with E-state index in [4.69, 9.17) is 4.74 Å². The average Bonchev–Trinajstić information content (AvgIpc) is 2.69. The molecule has 1 aromatic heterocycles. The lowest BCUT2D eigenvalue weighted by molar-refractivity contribution is 0.0804. The van der Waals surface area contributed by atoms with E-state index in [9.17, 15) is 4.39 Å². The minimum Gasteiger partial charge on any atom is -0.381 e. The Balaban J connectivity index is 1.42. The minimum atomic E-state index is -0.179. The lowest BCUT2D eigenvalue weighted by Crippen LogP contribution is -2.42. The molecule has 138 valence electrons. The van der Waals surface area contributed by atoms with Crippen LogP contribution in [-0.2, 0) is 4.74 Å². The molecular formula is C21H26FN3O. The first kappa shape index (κ1) is 17.3. The van der Waals surface area contributed by atoms with Crippen molar-refractivity contribution in [3.63, 3.8) is 0 Å². The Labute approximate surface area is 154 Å². The molecule has 4 nitrogen and oxygen atoms in total. The first-order valence-corrected chi connectivity index (χ1v) is 9.59. The Morgan fingerprint density at radius 3 is 2.96 bits per heavy atom. The van der Waals surface area contributed by atoms with Crippen molar-refractivity contribution in [3.8, 4) is 0 Å². The SMILES string of the molecule is Fc1cccc(N2CCC[C@@H](Nc3cc([C@@H]4CCCOC4)ccn3)C2)c1. The molecule has 0 saturated carbocycles. The highest BCUT2D eigenvalue weighted by Gasteiger charge is 2.21. The fourth-order valence-electron chi connectivity index (χ4n) is 3.99. The summed E-state index contributed by atoms with van der Waals surface area (Å²) in [4.78, 5) is 6.76. The Bertz CT molecular complexity index is 733. The number of nitrogens with one attached hydrogen (secondary N) is 1. The van der Waals surface area contributed by atoms with Crippen molar-refractivity contribution >= 4 is 11.5 Å². The second-order valence-corrected chi connectivity index (χ2v) is 7.30. The van der Waals surface area contributed by atoms with Gasteiger partial charge < -0.3 is 15.0 Å². The molecule has 4 rings (SSSR count). The molecule has 2 fully saturated rings. The third-order valence-corrected chi connectivity index (χ3v) is 5.36. The van der Waals surface area contributed by atoms with Gasteiger partial charge in [0.1, 0.15) is 11.6 Å². The third-order valence-electron chi connectivity index (χ3n) is 5.36. The first-order valence-electron chi connectivity index (χ1n) is 9.59. The van der Waals surface area contributed by atoms with Crippen LogP contribution in [0.25, 0.3) is 0 Å². The van der Waals surface area contributed by atoms with Gasteiger partial charge in [0.25, 0.3) is 0 Å². The summed E-state index contributed by atoms with van der Waals surface area (Å²) in [7, 11) is 0. The normalized spacial score (nSPS) is 23.7. The Morgan fingerprint density at radius 1 is 1.15 bits per heavy atom. The van der Waals surface area contributed by atoms with Crippen LogP contribution in [0.5, 0.6) is 0 Å². The highest BCUT2D eigenvalue weighted by Crippen LogP contribution is 2.27. The number of anilines is 2. The molecule has 0 aliphatic carbocycles. The second kappa shape index (κ2) is 8.04. The molecule has 0 unspecified atom stereocenters. The van der Waals surface area contributed by atoms with Crippen molar-refractivity contribution < 1.29 is 9.13 Å². The van der Waals surface area contributed by atoms with Gasteiger partial charge in [0.15, 0.2) is 0 Å². The summed E-state index contributed by atoms with van der Waals surface area (Å²) in [6, 6.07) is 11.5. The number of ether oxygens (including phenoxy) is 1. The third kappa shape index (κ3) is 4.15. The lowest BCUT2D eigenvalue weighted by Gasteiger charge is -2.35. The standard InChI is InChI=1S/C21H26FN3O/c22-18-5-1-7-20(13-18)25-10-2-6-19(14-25)24-21-12-16(8-9-23-21)17-4-3-11-26-15-17/h1,5,7-9,12-13,17,19H,2-4,6,10-11,14-15H2,(H,23,24)/t17-,19-/m1/s1.